The standard InChI is InChI=1S/C12H23NO3/c1-8(2)6-9(11(15)16)13-10(14)7-12(3,4)5/h8-9H,6-7H2,1-5H3,(H,13,14)(H,15,16). The zero-order valence-corrected chi connectivity index (χ0v) is 10.8. The molecule has 4 heteroatoms. The highest BCUT2D eigenvalue weighted by Crippen LogP contribution is 2.18. The molecule has 0 aromatic rings. The van der Waals surface area contributed by atoms with E-state index in [0.717, 1.165) is 0 Å². The minimum atomic E-state index is -0.962. The third kappa shape index (κ3) is 7.26. The van der Waals surface area contributed by atoms with Gasteiger partial charge in [0.15, 0.2) is 0 Å². The van der Waals surface area contributed by atoms with Crippen molar-refractivity contribution < 1.29 is 14.7 Å². The van der Waals surface area contributed by atoms with E-state index < -0.39 is 12.0 Å². The molecule has 0 rings (SSSR count). The van der Waals surface area contributed by atoms with E-state index >= 15 is 0 Å². The number of nitrogens with one attached hydrogen (secondary N) is 1. The monoisotopic (exact) mass is 229 g/mol. The van der Waals surface area contributed by atoms with E-state index in [0.29, 0.717) is 12.8 Å². The SMILES string of the molecule is CC(C)CC(NC(=O)CC(C)(C)C)C(=O)O. The summed E-state index contributed by atoms with van der Waals surface area (Å²) in [5, 5.41) is 11.5. The van der Waals surface area contributed by atoms with Crippen molar-refractivity contribution in [3.05, 3.63) is 0 Å². The largest absolute Gasteiger partial charge is 0.480 e. The smallest absolute Gasteiger partial charge is 0.326 e. The van der Waals surface area contributed by atoms with Gasteiger partial charge in [0.05, 0.1) is 0 Å². The van der Waals surface area contributed by atoms with Gasteiger partial charge in [-0.3, -0.25) is 4.79 Å². The molecule has 1 unspecified atom stereocenters. The second-order valence-corrected chi connectivity index (χ2v) is 5.83. The Morgan fingerprint density at radius 3 is 2.06 bits per heavy atom. The van der Waals surface area contributed by atoms with Crippen LogP contribution in [0.4, 0.5) is 0 Å². The molecule has 0 heterocycles. The number of amides is 1. The highest BCUT2D eigenvalue weighted by Gasteiger charge is 2.23. The Kier molecular flexibility index (Phi) is 5.48. The van der Waals surface area contributed by atoms with Crippen molar-refractivity contribution in [3.63, 3.8) is 0 Å². The maximum atomic E-state index is 11.6. The van der Waals surface area contributed by atoms with E-state index in [9.17, 15) is 9.59 Å². The lowest BCUT2D eigenvalue weighted by atomic mass is 9.91. The van der Waals surface area contributed by atoms with Crippen LogP contribution in [-0.4, -0.2) is 23.0 Å². The summed E-state index contributed by atoms with van der Waals surface area (Å²) < 4.78 is 0. The maximum absolute atomic E-state index is 11.6. The van der Waals surface area contributed by atoms with Crippen LogP contribution in [-0.2, 0) is 9.59 Å². The fraction of sp³-hybridized carbons (Fsp3) is 0.833. The molecule has 0 aliphatic heterocycles. The fourth-order valence-corrected chi connectivity index (χ4v) is 1.42. The quantitative estimate of drug-likeness (QED) is 0.758. The molecule has 1 amide bonds. The van der Waals surface area contributed by atoms with Gasteiger partial charge in [-0.1, -0.05) is 34.6 Å². The van der Waals surface area contributed by atoms with E-state index in [4.69, 9.17) is 5.11 Å². The van der Waals surface area contributed by atoms with Crippen molar-refractivity contribution >= 4 is 11.9 Å². The number of carbonyl (C=O) groups excluding carboxylic acids is 1. The molecule has 1 atom stereocenters. The van der Waals surface area contributed by atoms with E-state index in [2.05, 4.69) is 5.32 Å². The second-order valence-electron chi connectivity index (χ2n) is 5.83. The van der Waals surface area contributed by atoms with Crippen molar-refractivity contribution in [2.24, 2.45) is 11.3 Å². The van der Waals surface area contributed by atoms with E-state index in [1.807, 2.05) is 34.6 Å². The summed E-state index contributed by atoms with van der Waals surface area (Å²) in [5.74, 6) is -0.910. The van der Waals surface area contributed by atoms with Crippen molar-refractivity contribution in [2.45, 2.75) is 53.5 Å². The zero-order valence-electron chi connectivity index (χ0n) is 10.8. The highest BCUT2D eigenvalue weighted by molar-refractivity contribution is 5.83. The maximum Gasteiger partial charge on any atom is 0.326 e. The summed E-state index contributed by atoms with van der Waals surface area (Å²) in [5.41, 5.74) is -0.120. The number of aliphatic carboxylic acids is 1. The summed E-state index contributed by atoms with van der Waals surface area (Å²) in [6.07, 6.45) is 0.806. The summed E-state index contributed by atoms with van der Waals surface area (Å²) in [4.78, 5) is 22.5. The van der Waals surface area contributed by atoms with Crippen LogP contribution in [0, 0.1) is 11.3 Å². The molecule has 2 N–H and O–H groups in total. The number of hydrogen-bond acceptors (Lipinski definition) is 2. The summed E-state index contributed by atoms with van der Waals surface area (Å²) >= 11 is 0. The molecule has 0 aliphatic rings. The average Bonchev–Trinajstić information content (AvgIpc) is 1.97. The first-order valence-electron chi connectivity index (χ1n) is 5.64. The van der Waals surface area contributed by atoms with Gasteiger partial charge in [-0.05, 0) is 17.8 Å². The molecule has 94 valence electrons. The predicted molar refractivity (Wildman–Crippen MR) is 63.1 cm³/mol. The lowest BCUT2D eigenvalue weighted by molar-refractivity contribution is -0.142. The normalized spacial score (nSPS) is 13.6. The van der Waals surface area contributed by atoms with Gasteiger partial charge in [-0.2, -0.15) is 0 Å². The van der Waals surface area contributed by atoms with Crippen LogP contribution < -0.4 is 5.32 Å². The molecule has 0 fully saturated rings. The Bertz CT molecular complexity index is 253. The minimum Gasteiger partial charge on any atom is -0.480 e. The molecule has 4 nitrogen and oxygen atoms in total. The molecule has 0 aromatic heterocycles. The third-order valence-electron chi connectivity index (χ3n) is 2.03. The average molecular weight is 229 g/mol. The number of rotatable bonds is 5. The molecule has 0 aromatic carbocycles. The van der Waals surface area contributed by atoms with E-state index in [1.54, 1.807) is 0 Å². The summed E-state index contributed by atoms with van der Waals surface area (Å²) in [7, 11) is 0. The lowest BCUT2D eigenvalue weighted by Crippen LogP contribution is -2.42. The third-order valence-corrected chi connectivity index (χ3v) is 2.03. The van der Waals surface area contributed by atoms with Crippen LogP contribution in [0.15, 0.2) is 0 Å². The van der Waals surface area contributed by atoms with Crippen molar-refractivity contribution in [2.75, 3.05) is 0 Å². The lowest BCUT2D eigenvalue weighted by Gasteiger charge is -2.21. The molecule has 0 bridgehead atoms. The molecule has 0 aliphatic carbocycles. The first-order chi connectivity index (χ1) is 7.11. The topological polar surface area (TPSA) is 66.4 Å². The summed E-state index contributed by atoms with van der Waals surface area (Å²) in [6, 6.07) is -0.769. The second kappa shape index (κ2) is 5.87. The van der Waals surface area contributed by atoms with E-state index in [-0.39, 0.29) is 17.2 Å². The Hall–Kier alpha value is -1.06. The number of carbonyl (C=O) groups is 2. The fourth-order valence-electron chi connectivity index (χ4n) is 1.42. The van der Waals surface area contributed by atoms with E-state index in [1.165, 1.54) is 0 Å². The van der Waals surface area contributed by atoms with Crippen molar-refractivity contribution in [3.8, 4) is 0 Å². The molecule has 0 spiro atoms. The first-order valence-corrected chi connectivity index (χ1v) is 5.64. The van der Waals surface area contributed by atoms with Crippen LogP contribution in [0.25, 0.3) is 0 Å². The first kappa shape index (κ1) is 14.9. The van der Waals surface area contributed by atoms with Crippen molar-refractivity contribution in [1.29, 1.82) is 0 Å². The number of hydrogen-bond donors (Lipinski definition) is 2. The number of carboxylic acid groups (broad SMARTS) is 1. The Balaban J connectivity index is 4.30. The van der Waals surface area contributed by atoms with Crippen LogP contribution in [0.2, 0.25) is 0 Å². The van der Waals surface area contributed by atoms with Gasteiger partial charge in [0, 0.05) is 6.42 Å². The van der Waals surface area contributed by atoms with Gasteiger partial charge in [-0.15, -0.1) is 0 Å². The highest BCUT2D eigenvalue weighted by atomic mass is 16.4. The van der Waals surface area contributed by atoms with Gasteiger partial charge < -0.3 is 10.4 Å². The molecular weight excluding hydrogens is 206 g/mol. The van der Waals surface area contributed by atoms with Gasteiger partial charge in [-0.25, -0.2) is 4.79 Å². The van der Waals surface area contributed by atoms with Gasteiger partial charge in [0.2, 0.25) is 5.91 Å². The van der Waals surface area contributed by atoms with Crippen LogP contribution in [0.5, 0.6) is 0 Å². The Labute approximate surface area is 97.4 Å². The van der Waals surface area contributed by atoms with Gasteiger partial charge in [0.1, 0.15) is 6.04 Å². The minimum absolute atomic E-state index is 0.120. The van der Waals surface area contributed by atoms with Gasteiger partial charge in [0.25, 0.3) is 0 Å². The predicted octanol–water partition coefficient (Wildman–Crippen LogP) is 2.04. The van der Waals surface area contributed by atoms with Crippen LogP contribution in [0.3, 0.4) is 0 Å². The Morgan fingerprint density at radius 1 is 1.25 bits per heavy atom. The molecular formula is C12H23NO3. The van der Waals surface area contributed by atoms with Gasteiger partial charge >= 0.3 is 5.97 Å². The molecule has 0 radical (unpaired) electrons. The molecule has 0 saturated carbocycles. The number of carboxylic acids is 1. The van der Waals surface area contributed by atoms with Crippen LogP contribution in [0.1, 0.15) is 47.5 Å². The molecule has 0 saturated heterocycles. The molecule has 16 heavy (non-hydrogen) atoms. The summed E-state index contributed by atoms with van der Waals surface area (Å²) in [6.45, 7) is 9.72. The van der Waals surface area contributed by atoms with Crippen LogP contribution >= 0.6 is 0 Å². The zero-order chi connectivity index (χ0) is 12.9. The Morgan fingerprint density at radius 2 is 1.75 bits per heavy atom. The van der Waals surface area contributed by atoms with Crippen molar-refractivity contribution in [1.82, 2.24) is 5.32 Å².